The number of phenols is 1. The lowest BCUT2D eigenvalue weighted by atomic mass is 10.0. The number of halogens is 3. The molecule has 1 aromatic heterocycles. The van der Waals surface area contributed by atoms with Gasteiger partial charge in [-0.2, -0.15) is 13.2 Å². The van der Waals surface area contributed by atoms with Crippen molar-refractivity contribution in [2.45, 2.75) is 18.6 Å². The maximum absolute atomic E-state index is 12.7. The molecule has 0 fully saturated rings. The highest BCUT2D eigenvalue weighted by molar-refractivity contribution is 5.99. The van der Waals surface area contributed by atoms with E-state index in [9.17, 15) is 27.9 Å². The number of aromatic hydroxyl groups is 1. The first-order chi connectivity index (χ1) is 11.2. The molecule has 0 aliphatic carbocycles. The molecular weight excluding hydrogens is 327 g/mol. The van der Waals surface area contributed by atoms with Crippen molar-refractivity contribution >= 4 is 11.8 Å². The van der Waals surface area contributed by atoms with Crippen LogP contribution in [-0.4, -0.2) is 34.7 Å². The summed E-state index contributed by atoms with van der Waals surface area (Å²) in [4.78, 5) is 23.6. The van der Waals surface area contributed by atoms with Gasteiger partial charge in [-0.1, -0.05) is 12.1 Å². The number of carbonyl (C=O) groups is 2. The van der Waals surface area contributed by atoms with Crippen LogP contribution in [0.25, 0.3) is 0 Å². The van der Waals surface area contributed by atoms with Gasteiger partial charge >= 0.3 is 12.1 Å². The Balaban J connectivity index is 2.39. The molecule has 1 N–H and O–H groups in total. The van der Waals surface area contributed by atoms with E-state index >= 15 is 0 Å². The van der Waals surface area contributed by atoms with Crippen molar-refractivity contribution in [3.8, 4) is 5.75 Å². The highest BCUT2D eigenvalue weighted by Crippen LogP contribution is 2.26. The number of Topliss-reactive ketones (excluding diaryl/α,β-unsaturated/α-hetero) is 1. The molecule has 1 aromatic carbocycles. The summed E-state index contributed by atoms with van der Waals surface area (Å²) in [5, 5.41) is 9.27. The fourth-order valence-electron chi connectivity index (χ4n) is 2.29. The SMILES string of the molecule is COC(=O)C(Cc1ccc(O)cc1)n1cccc1C(=O)C(F)(F)F. The van der Waals surface area contributed by atoms with Crippen LogP contribution in [0.3, 0.4) is 0 Å². The van der Waals surface area contributed by atoms with Gasteiger partial charge in [-0.25, -0.2) is 4.79 Å². The van der Waals surface area contributed by atoms with Gasteiger partial charge in [0.05, 0.1) is 12.8 Å². The number of carbonyl (C=O) groups excluding carboxylic acids is 2. The molecule has 0 bridgehead atoms. The third-order valence-electron chi connectivity index (χ3n) is 3.44. The Morgan fingerprint density at radius 1 is 1.21 bits per heavy atom. The van der Waals surface area contributed by atoms with Crippen LogP contribution in [0.5, 0.6) is 5.75 Å². The first-order valence-corrected chi connectivity index (χ1v) is 6.88. The molecular formula is C16H14F3NO4. The summed E-state index contributed by atoms with van der Waals surface area (Å²) >= 11 is 0. The van der Waals surface area contributed by atoms with Crippen LogP contribution in [0.4, 0.5) is 13.2 Å². The molecule has 1 heterocycles. The quantitative estimate of drug-likeness (QED) is 0.671. The van der Waals surface area contributed by atoms with Crippen LogP contribution >= 0.6 is 0 Å². The van der Waals surface area contributed by atoms with Gasteiger partial charge in [-0.15, -0.1) is 0 Å². The molecule has 0 amide bonds. The molecule has 8 heteroatoms. The number of hydrogen-bond acceptors (Lipinski definition) is 4. The summed E-state index contributed by atoms with van der Waals surface area (Å²) in [5.41, 5.74) is -0.0565. The average Bonchev–Trinajstić information content (AvgIpc) is 3.01. The van der Waals surface area contributed by atoms with E-state index in [1.165, 1.54) is 36.5 Å². The molecule has 2 rings (SSSR count). The average molecular weight is 341 g/mol. The van der Waals surface area contributed by atoms with Gasteiger partial charge in [-0.3, -0.25) is 4.79 Å². The number of esters is 1. The van der Waals surface area contributed by atoms with E-state index in [-0.39, 0.29) is 12.2 Å². The molecule has 0 saturated carbocycles. The Morgan fingerprint density at radius 2 is 1.83 bits per heavy atom. The van der Waals surface area contributed by atoms with E-state index < -0.39 is 29.7 Å². The van der Waals surface area contributed by atoms with E-state index in [4.69, 9.17) is 0 Å². The molecule has 0 saturated heterocycles. The number of methoxy groups -OCH3 is 1. The minimum Gasteiger partial charge on any atom is -0.508 e. The largest absolute Gasteiger partial charge is 0.508 e. The van der Waals surface area contributed by atoms with Crippen molar-refractivity contribution in [3.05, 3.63) is 53.9 Å². The predicted octanol–water partition coefficient (Wildman–Crippen LogP) is 2.90. The highest BCUT2D eigenvalue weighted by atomic mass is 19.4. The molecule has 0 spiro atoms. The summed E-state index contributed by atoms with van der Waals surface area (Å²) in [6, 6.07) is 6.95. The first-order valence-electron chi connectivity index (χ1n) is 6.88. The van der Waals surface area contributed by atoms with Crippen LogP contribution in [0.1, 0.15) is 22.1 Å². The van der Waals surface area contributed by atoms with Gasteiger partial charge in [0.2, 0.25) is 0 Å². The maximum atomic E-state index is 12.7. The second-order valence-corrected chi connectivity index (χ2v) is 5.04. The third kappa shape index (κ3) is 3.76. The fourth-order valence-corrected chi connectivity index (χ4v) is 2.29. The maximum Gasteiger partial charge on any atom is 0.456 e. The van der Waals surface area contributed by atoms with Gasteiger partial charge in [0.15, 0.2) is 0 Å². The molecule has 0 aliphatic rings. The van der Waals surface area contributed by atoms with E-state index in [0.29, 0.717) is 5.56 Å². The van der Waals surface area contributed by atoms with Crippen molar-refractivity contribution in [2.75, 3.05) is 7.11 Å². The number of benzene rings is 1. The summed E-state index contributed by atoms with van der Waals surface area (Å²) in [6.07, 6.45) is -3.82. The molecule has 1 atom stereocenters. The van der Waals surface area contributed by atoms with Gasteiger partial charge in [-0.05, 0) is 29.8 Å². The number of hydrogen-bond donors (Lipinski definition) is 1. The second kappa shape index (κ2) is 6.77. The number of ether oxygens (including phenoxy) is 1. The minimum absolute atomic E-state index is 0.000228. The first kappa shape index (κ1) is 17.6. The van der Waals surface area contributed by atoms with Gasteiger partial charge < -0.3 is 14.4 Å². The van der Waals surface area contributed by atoms with E-state index in [0.717, 1.165) is 17.7 Å². The number of alkyl halides is 3. The van der Waals surface area contributed by atoms with E-state index in [1.807, 2.05) is 0 Å². The Morgan fingerprint density at radius 3 is 2.38 bits per heavy atom. The monoisotopic (exact) mass is 341 g/mol. The summed E-state index contributed by atoms with van der Waals surface area (Å²) in [6.45, 7) is 0. The van der Waals surface area contributed by atoms with Crippen LogP contribution in [0, 0.1) is 0 Å². The van der Waals surface area contributed by atoms with Crippen LogP contribution < -0.4 is 0 Å². The zero-order valence-electron chi connectivity index (χ0n) is 12.6. The standard InChI is InChI=1S/C16H14F3NO4/c1-24-15(23)13(9-10-4-6-11(21)7-5-10)20-8-2-3-12(20)14(22)16(17,18)19/h2-8,13,21H,9H2,1H3. The number of nitrogens with zero attached hydrogens (tertiary/aromatic N) is 1. The number of rotatable bonds is 5. The van der Waals surface area contributed by atoms with Gasteiger partial charge in [0, 0.05) is 12.6 Å². The lowest BCUT2D eigenvalue weighted by Crippen LogP contribution is -2.30. The Labute approximate surface area is 135 Å². The fraction of sp³-hybridized carbons (Fsp3) is 0.250. The summed E-state index contributed by atoms with van der Waals surface area (Å²) < 4.78 is 43.7. The van der Waals surface area contributed by atoms with Crippen molar-refractivity contribution < 1.29 is 32.6 Å². The lowest BCUT2D eigenvalue weighted by molar-refractivity contribution is -0.144. The Kier molecular flexibility index (Phi) is 4.96. The van der Waals surface area contributed by atoms with Gasteiger partial charge in [0.1, 0.15) is 11.8 Å². The summed E-state index contributed by atoms with van der Waals surface area (Å²) in [5.74, 6) is -2.80. The molecule has 128 valence electrons. The lowest BCUT2D eigenvalue weighted by Gasteiger charge is -2.20. The predicted molar refractivity (Wildman–Crippen MR) is 77.7 cm³/mol. The molecule has 24 heavy (non-hydrogen) atoms. The van der Waals surface area contributed by atoms with Crippen molar-refractivity contribution in [1.82, 2.24) is 4.57 Å². The topological polar surface area (TPSA) is 68.5 Å². The van der Waals surface area contributed by atoms with Crippen LogP contribution in [0.2, 0.25) is 0 Å². The molecule has 1 unspecified atom stereocenters. The number of phenolic OH excluding ortho intramolecular Hbond substituents is 1. The van der Waals surface area contributed by atoms with E-state index in [2.05, 4.69) is 4.74 Å². The van der Waals surface area contributed by atoms with E-state index in [1.54, 1.807) is 0 Å². The number of aromatic nitrogens is 1. The zero-order valence-corrected chi connectivity index (χ0v) is 12.6. The normalized spacial score (nSPS) is 12.7. The Bertz CT molecular complexity index is 735. The zero-order chi connectivity index (χ0) is 17.9. The molecule has 0 aliphatic heterocycles. The second-order valence-electron chi connectivity index (χ2n) is 5.04. The van der Waals surface area contributed by atoms with Crippen LogP contribution in [-0.2, 0) is 16.0 Å². The van der Waals surface area contributed by atoms with Crippen molar-refractivity contribution in [3.63, 3.8) is 0 Å². The van der Waals surface area contributed by atoms with Crippen molar-refractivity contribution in [2.24, 2.45) is 0 Å². The number of ketones is 1. The molecule has 5 nitrogen and oxygen atoms in total. The van der Waals surface area contributed by atoms with Gasteiger partial charge in [0.25, 0.3) is 5.78 Å². The minimum atomic E-state index is -5.05. The van der Waals surface area contributed by atoms with Crippen molar-refractivity contribution in [1.29, 1.82) is 0 Å². The smallest absolute Gasteiger partial charge is 0.456 e. The Hall–Kier alpha value is -2.77. The molecule has 2 aromatic rings. The van der Waals surface area contributed by atoms with Crippen LogP contribution in [0.15, 0.2) is 42.6 Å². The summed E-state index contributed by atoms with van der Waals surface area (Å²) in [7, 11) is 1.11. The third-order valence-corrected chi connectivity index (χ3v) is 3.44. The highest BCUT2D eigenvalue weighted by Gasteiger charge is 2.42. The molecule has 0 radical (unpaired) electrons.